The highest BCUT2D eigenvalue weighted by Gasteiger charge is 2.16. The van der Waals surface area contributed by atoms with Gasteiger partial charge in [0.25, 0.3) is 5.91 Å². The van der Waals surface area contributed by atoms with E-state index in [1.807, 2.05) is 32.0 Å². The van der Waals surface area contributed by atoms with Crippen LogP contribution in [0, 0.1) is 13.8 Å². The Morgan fingerprint density at radius 2 is 1.86 bits per heavy atom. The molecule has 0 spiro atoms. The minimum atomic E-state index is -3.42. The van der Waals surface area contributed by atoms with Crippen molar-refractivity contribution in [3.05, 3.63) is 71.8 Å². The lowest BCUT2D eigenvalue weighted by molar-refractivity contribution is 0.0947. The zero-order chi connectivity index (χ0) is 20.7. The largest absolute Gasteiger partial charge is 0.491 e. The normalized spacial score (nSPS) is 11.0. The van der Waals surface area contributed by atoms with Gasteiger partial charge in [0.2, 0.25) is 10.0 Å². The summed E-state index contributed by atoms with van der Waals surface area (Å²) in [4.78, 5) is 12.3. The Morgan fingerprint density at radius 1 is 1.18 bits per heavy atom. The number of aryl methyl sites for hydroxylation is 2. The van der Waals surface area contributed by atoms with Crippen LogP contribution in [0.25, 0.3) is 0 Å². The first-order valence-electron chi connectivity index (χ1n) is 8.89. The fourth-order valence-corrected chi connectivity index (χ4v) is 3.60. The van der Waals surface area contributed by atoms with Crippen molar-refractivity contribution in [2.45, 2.75) is 13.8 Å². The Balaban J connectivity index is 1.91. The van der Waals surface area contributed by atoms with E-state index < -0.39 is 10.0 Å². The maximum atomic E-state index is 12.3. The highest BCUT2D eigenvalue weighted by Crippen LogP contribution is 2.19. The lowest BCUT2D eigenvalue weighted by Crippen LogP contribution is -2.30. The van der Waals surface area contributed by atoms with Crippen LogP contribution in [-0.2, 0) is 10.0 Å². The average molecular weight is 403 g/mol. The number of anilines is 1. The highest BCUT2D eigenvalue weighted by molar-refractivity contribution is 7.92. The van der Waals surface area contributed by atoms with Gasteiger partial charge in [-0.05, 0) is 49.7 Å². The first-order chi connectivity index (χ1) is 13.2. The van der Waals surface area contributed by atoms with E-state index in [-0.39, 0.29) is 12.5 Å². The van der Waals surface area contributed by atoms with E-state index in [1.54, 1.807) is 24.3 Å². The molecule has 0 bridgehead atoms. The van der Waals surface area contributed by atoms with Crippen molar-refractivity contribution in [3.63, 3.8) is 0 Å². The van der Waals surface area contributed by atoms with Crippen LogP contribution in [0.4, 0.5) is 5.69 Å². The molecule has 0 saturated heterocycles. The molecule has 1 N–H and O–H groups in total. The summed E-state index contributed by atoms with van der Waals surface area (Å²) in [6.45, 7) is 8.46. The van der Waals surface area contributed by atoms with Crippen LogP contribution in [0.1, 0.15) is 21.5 Å². The Kier molecular flexibility index (Phi) is 7.23. The van der Waals surface area contributed by atoms with Crippen LogP contribution >= 0.6 is 0 Å². The summed E-state index contributed by atoms with van der Waals surface area (Å²) in [6.07, 6.45) is 2.64. The number of carbonyl (C=O) groups is 1. The van der Waals surface area contributed by atoms with Crippen molar-refractivity contribution in [1.29, 1.82) is 0 Å². The lowest BCUT2D eigenvalue weighted by atomic mass is 10.1. The average Bonchev–Trinajstić information content (AvgIpc) is 2.63. The molecule has 0 saturated carbocycles. The molecule has 28 heavy (non-hydrogen) atoms. The molecule has 7 heteroatoms. The molecule has 1 amide bonds. The summed E-state index contributed by atoms with van der Waals surface area (Å²) in [6, 6.07) is 12.3. The van der Waals surface area contributed by atoms with E-state index in [0.29, 0.717) is 24.4 Å². The molecule has 0 aliphatic rings. The predicted octanol–water partition coefficient (Wildman–Crippen LogP) is 3.06. The molecule has 0 aliphatic carbocycles. The van der Waals surface area contributed by atoms with E-state index in [4.69, 9.17) is 4.74 Å². The molecule has 2 aromatic carbocycles. The second kappa shape index (κ2) is 9.41. The van der Waals surface area contributed by atoms with Gasteiger partial charge in [-0.15, -0.1) is 6.58 Å². The minimum absolute atomic E-state index is 0.167. The van der Waals surface area contributed by atoms with Crippen molar-refractivity contribution in [3.8, 4) is 5.75 Å². The van der Waals surface area contributed by atoms with Crippen molar-refractivity contribution in [2.24, 2.45) is 0 Å². The number of hydrogen-bond donors (Lipinski definition) is 1. The van der Waals surface area contributed by atoms with Gasteiger partial charge < -0.3 is 10.1 Å². The third kappa shape index (κ3) is 5.85. The summed E-state index contributed by atoms with van der Waals surface area (Å²) >= 11 is 0. The second-order valence-electron chi connectivity index (χ2n) is 6.50. The second-order valence-corrected chi connectivity index (χ2v) is 8.41. The van der Waals surface area contributed by atoms with Gasteiger partial charge in [-0.2, -0.15) is 0 Å². The van der Waals surface area contributed by atoms with Crippen molar-refractivity contribution < 1.29 is 17.9 Å². The Labute approximate surface area is 166 Å². The molecule has 6 nitrogen and oxygen atoms in total. The monoisotopic (exact) mass is 402 g/mol. The molecule has 0 fully saturated rings. The minimum Gasteiger partial charge on any atom is -0.491 e. The summed E-state index contributed by atoms with van der Waals surface area (Å²) < 4.78 is 30.6. The standard InChI is InChI=1S/C21H26N2O4S/c1-5-13-23(28(4,25)26)19-9-7-18(8-10-19)21(24)22-12-14-27-20-11-6-16(2)15-17(20)3/h5-11,15H,1,12-14H2,2-4H3,(H,22,24). The van der Waals surface area contributed by atoms with E-state index >= 15 is 0 Å². The topological polar surface area (TPSA) is 75.7 Å². The maximum absolute atomic E-state index is 12.3. The molecule has 150 valence electrons. The molecule has 0 atom stereocenters. The fourth-order valence-electron chi connectivity index (χ4n) is 2.72. The third-order valence-corrected chi connectivity index (χ3v) is 5.25. The van der Waals surface area contributed by atoms with Gasteiger partial charge in [0.05, 0.1) is 25.0 Å². The zero-order valence-corrected chi connectivity index (χ0v) is 17.3. The zero-order valence-electron chi connectivity index (χ0n) is 16.4. The Bertz CT molecular complexity index is 937. The number of hydrogen-bond acceptors (Lipinski definition) is 4. The van der Waals surface area contributed by atoms with E-state index in [2.05, 4.69) is 11.9 Å². The first kappa shape index (κ1) is 21.5. The lowest BCUT2D eigenvalue weighted by Gasteiger charge is -2.20. The molecule has 0 aromatic heterocycles. The van der Waals surface area contributed by atoms with Gasteiger partial charge in [-0.3, -0.25) is 9.10 Å². The first-order valence-corrected chi connectivity index (χ1v) is 10.7. The van der Waals surface area contributed by atoms with Gasteiger partial charge >= 0.3 is 0 Å². The smallest absolute Gasteiger partial charge is 0.251 e. The van der Waals surface area contributed by atoms with Crippen LogP contribution in [0.5, 0.6) is 5.75 Å². The molecule has 0 heterocycles. The molecule has 2 rings (SSSR count). The Hall–Kier alpha value is -2.80. The van der Waals surface area contributed by atoms with Gasteiger partial charge in [-0.1, -0.05) is 23.8 Å². The molecular weight excluding hydrogens is 376 g/mol. The van der Waals surface area contributed by atoms with Gasteiger partial charge in [0.1, 0.15) is 12.4 Å². The number of carbonyl (C=O) groups excluding carboxylic acids is 1. The number of nitrogens with zero attached hydrogens (tertiary/aromatic N) is 1. The number of amides is 1. The van der Waals surface area contributed by atoms with Gasteiger partial charge in [0.15, 0.2) is 0 Å². The molecule has 0 radical (unpaired) electrons. The van der Waals surface area contributed by atoms with E-state index in [1.165, 1.54) is 15.9 Å². The highest BCUT2D eigenvalue weighted by atomic mass is 32.2. The molecule has 0 aliphatic heterocycles. The van der Waals surface area contributed by atoms with Crippen LogP contribution < -0.4 is 14.4 Å². The summed E-state index contributed by atoms with van der Waals surface area (Å²) in [5.74, 6) is 0.553. The molecule has 2 aromatic rings. The maximum Gasteiger partial charge on any atom is 0.251 e. The molecular formula is C21H26N2O4S. The quantitative estimate of drug-likeness (QED) is 0.517. The fraction of sp³-hybridized carbons (Fsp3) is 0.286. The number of nitrogens with one attached hydrogen (secondary N) is 1. The van der Waals surface area contributed by atoms with E-state index in [9.17, 15) is 13.2 Å². The third-order valence-electron chi connectivity index (χ3n) is 4.09. The number of ether oxygens (including phenoxy) is 1. The predicted molar refractivity (Wildman–Crippen MR) is 113 cm³/mol. The van der Waals surface area contributed by atoms with Crippen LogP contribution in [0.3, 0.4) is 0 Å². The Morgan fingerprint density at radius 3 is 2.43 bits per heavy atom. The van der Waals surface area contributed by atoms with Crippen LogP contribution in [0.15, 0.2) is 55.1 Å². The summed E-state index contributed by atoms with van der Waals surface area (Å²) in [7, 11) is -3.42. The number of benzene rings is 2. The van der Waals surface area contributed by atoms with Crippen LogP contribution in [-0.4, -0.2) is 40.3 Å². The van der Waals surface area contributed by atoms with Crippen LogP contribution in [0.2, 0.25) is 0 Å². The SMILES string of the molecule is C=CCN(c1ccc(C(=O)NCCOc2ccc(C)cc2C)cc1)S(C)(=O)=O. The van der Waals surface area contributed by atoms with Crippen molar-refractivity contribution in [1.82, 2.24) is 5.32 Å². The van der Waals surface area contributed by atoms with E-state index in [0.717, 1.165) is 17.6 Å². The number of sulfonamides is 1. The van der Waals surface area contributed by atoms with Gasteiger partial charge in [0, 0.05) is 5.56 Å². The van der Waals surface area contributed by atoms with Gasteiger partial charge in [-0.25, -0.2) is 8.42 Å². The summed E-state index contributed by atoms with van der Waals surface area (Å²) in [5, 5.41) is 2.79. The summed E-state index contributed by atoms with van der Waals surface area (Å²) in [5.41, 5.74) is 3.15. The molecule has 0 unspecified atom stereocenters. The number of rotatable bonds is 9. The van der Waals surface area contributed by atoms with Crippen molar-refractivity contribution in [2.75, 3.05) is 30.3 Å². The van der Waals surface area contributed by atoms with Crippen molar-refractivity contribution >= 4 is 21.6 Å².